The summed E-state index contributed by atoms with van der Waals surface area (Å²) in [7, 11) is 0. The Hall–Kier alpha value is -1.59. The van der Waals surface area contributed by atoms with Crippen LogP contribution in [0.5, 0.6) is 0 Å². The minimum Gasteiger partial charge on any atom is -0.481 e. The van der Waals surface area contributed by atoms with Gasteiger partial charge in [-0.05, 0) is 20.3 Å². The molecule has 0 rings (SSSR count). The maximum atomic E-state index is 11.3. The highest BCUT2D eigenvalue weighted by molar-refractivity contribution is 5.96. The van der Waals surface area contributed by atoms with Crippen LogP contribution in [0.15, 0.2) is 0 Å². The van der Waals surface area contributed by atoms with E-state index in [-0.39, 0.29) is 24.9 Å². The monoisotopic (exact) mass is 244 g/mol. The maximum absolute atomic E-state index is 11.3. The predicted octanol–water partition coefficient (Wildman–Crippen LogP) is 0.128. The Labute approximate surface area is 101 Å². The van der Waals surface area contributed by atoms with Gasteiger partial charge in [0.15, 0.2) is 0 Å². The fourth-order valence-corrected chi connectivity index (χ4v) is 1.01. The van der Waals surface area contributed by atoms with Crippen molar-refractivity contribution in [2.45, 2.75) is 39.7 Å². The summed E-state index contributed by atoms with van der Waals surface area (Å²) in [4.78, 5) is 33.0. The topological polar surface area (TPSA) is 95.5 Å². The molecule has 0 aliphatic rings. The van der Waals surface area contributed by atoms with Crippen LogP contribution in [0, 0.1) is 5.92 Å². The van der Waals surface area contributed by atoms with E-state index < -0.39 is 17.8 Å². The van der Waals surface area contributed by atoms with Crippen LogP contribution < -0.4 is 10.6 Å². The quantitative estimate of drug-likeness (QED) is 0.555. The molecule has 2 unspecified atom stereocenters. The third kappa shape index (κ3) is 6.55. The number of carboxylic acid groups (broad SMARTS) is 1. The highest BCUT2D eigenvalue weighted by Gasteiger charge is 2.19. The summed E-state index contributed by atoms with van der Waals surface area (Å²) in [6.45, 7) is 5.31. The van der Waals surface area contributed by atoms with Gasteiger partial charge in [0.05, 0.1) is 0 Å². The Balaban J connectivity index is 3.80. The molecule has 2 amide bonds. The molecular weight excluding hydrogens is 224 g/mol. The number of rotatable bonds is 7. The van der Waals surface area contributed by atoms with Gasteiger partial charge in [0.1, 0.15) is 5.92 Å². The molecular formula is C11H20N2O4. The molecule has 0 bridgehead atoms. The largest absolute Gasteiger partial charge is 0.481 e. The molecule has 0 heterocycles. The zero-order valence-corrected chi connectivity index (χ0v) is 10.4. The lowest BCUT2D eigenvalue weighted by Gasteiger charge is -2.12. The van der Waals surface area contributed by atoms with Crippen molar-refractivity contribution in [1.82, 2.24) is 10.6 Å². The summed E-state index contributed by atoms with van der Waals surface area (Å²) >= 11 is 0. The van der Waals surface area contributed by atoms with Crippen molar-refractivity contribution in [2.24, 2.45) is 5.92 Å². The van der Waals surface area contributed by atoms with Crippen molar-refractivity contribution < 1.29 is 19.5 Å². The molecule has 0 aromatic heterocycles. The molecule has 0 aromatic rings. The first kappa shape index (κ1) is 15.4. The third-order valence-corrected chi connectivity index (χ3v) is 2.43. The number of aliphatic carboxylic acids is 1. The SMILES string of the molecule is CCC(C)NC(=O)CCNC(=O)C(C)C(=O)O. The lowest BCUT2D eigenvalue weighted by atomic mass is 10.1. The van der Waals surface area contributed by atoms with E-state index in [9.17, 15) is 14.4 Å². The Kier molecular flexibility index (Phi) is 6.93. The van der Waals surface area contributed by atoms with Crippen LogP contribution in [0.25, 0.3) is 0 Å². The van der Waals surface area contributed by atoms with Gasteiger partial charge in [-0.3, -0.25) is 14.4 Å². The Bertz CT molecular complexity index is 291. The lowest BCUT2D eigenvalue weighted by molar-refractivity contribution is -0.146. The minimum absolute atomic E-state index is 0.108. The van der Waals surface area contributed by atoms with Crippen LogP contribution in [0.1, 0.15) is 33.6 Å². The first-order valence-corrected chi connectivity index (χ1v) is 5.68. The van der Waals surface area contributed by atoms with E-state index in [1.807, 2.05) is 13.8 Å². The van der Waals surface area contributed by atoms with Gasteiger partial charge in [0, 0.05) is 19.0 Å². The van der Waals surface area contributed by atoms with Gasteiger partial charge in [-0.15, -0.1) is 0 Å². The first-order valence-electron chi connectivity index (χ1n) is 5.68. The average molecular weight is 244 g/mol. The summed E-state index contributed by atoms with van der Waals surface area (Å²) in [5, 5.41) is 13.7. The second-order valence-corrected chi connectivity index (χ2v) is 3.98. The smallest absolute Gasteiger partial charge is 0.315 e. The molecule has 6 nitrogen and oxygen atoms in total. The van der Waals surface area contributed by atoms with Gasteiger partial charge in [0.2, 0.25) is 11.8 Å². The maximum Gasteiger partial charge on any atom is 0.315 e. The number of carbonyl (C=O) groups excluding carboxylic acids is 2. The molecule has 0 aliphatic heterocycles. The van der Waals surface area contributed by atoms with Gasteiger partial charge in [-0.2, -0.15) is 0 Å². The highest BCUT2D eigenvalue weighted by atomic mass is 16.4. The van der Waals surface area contributed by atoms with Gasteiger partial charge >= 0.3 is 5.97 Å². The van der Waals surface area contributed by atoms with Gasteiger partial charge in [-0.1, -0.05) is 6.92 Å². The van der Waals surface area contributed by atoms with E-state index in [1.54, 1.807) is 0 Å². The number of nitrogens with one attached hydrogen (secondary N) is 2. The standard InChI is InChI=1S/C11H20N2O4/c1-4-7(2)13-9(14)5-6-12-10(15)8(3)11(16)17/h7-8H,4-6H2,1-3H3,(H,12,15)(H,13,14)(H,16,17). The van der Waals surface area contributed by atoms with Crippen molar-refractivity contribution in [3.8, 4) is 0 Å². The normalized spacial score (nSPS) is 13.6. The molecule has 0 spiro atoms. The van der Waals surface area contributed by atoms with Crippen molar-refractivity contribution in [3.05, 3.63) is 0 Å². The molecule has 0 radical (unpaired) electrons. The average Bonchev–Trinajstić information content (AvgIpc) is 2.27. The highest BCUT2D eigenvalue weighted by Crippen LogP contribution is 1.94. The zero-order chi connectivity index (χ0) is 13.4. The molecule has 6 heteroatoms. The molecule has 0 saturated carbocycles. The number of carbonyl (C=O) groups is 3. The minimum atomic E-state index is -1.17. The predicted molar refractivity (Wildman–Crippen MR) is 62.3 cm³/mol. The van der Waals surface area contributed by atoms with Crippen LogP contribution in [0.3, 0.4) is 0 Å². The lowest BCUT2D eigenvalue weighted by Crippen LogP contribution is -2.38. The van der Waals surface area contributed by atoms with E-state index in [2.05, 4.69) is 10.6 Å². The number of amides is 2. The van der Waals surface area contributed by atoms with Crippen LogP contribution >= 0.6 is 0 Å². The van der Waals surface area contributed by atoms with E-state index in [4.69, 9.17) is 5.11 Å². The Morgan fingerprint density at radius 3 is 2.29 bits per heavy atom. The second kappa shape index (κ2) is 7.65. The van der Waals surface area contributed by atoms with Crippen LogP contribution in [-0.2, 0) is 14.4 Å². The van der Waals surface area contributed by atoms with Crippen LogP contribution in [-0.4, -0.2) is 35.5 Å². The molecule has 0 aliphatic carbocycles. The third-order valence-electron chi connectivity index (χ3n) is 2.43. The van der Waals surface area contributed by atoms with Crippen LogP contribution in [0.4, 0.5) is 0 Å². The Morgan fingerprint density at radius 2 is 1.82 bits per heavy atom. The number of hydrogen-bond donors (Lipinski definition) is 3. The summed E-state index contributed by atoms with van der Waals surface area (Å²) in [5.74, 6) is -2.99. The zero-order valence-electron chi connectivity index (χ0n) is 10.4. The fourth-order valence-electron chi connectivity index (χ4n) is 1.01. The Morgan fingerprint density at radius 1 is 1.24 bits per heavy atom. The van der Waals surface area contributed by atoms with Gasteiger partial charge < -0.3 is 15.7 Å². The molecule has 0 aromatic carbocycles. The number of carboxylic acids is 1. The molecule has 2 atom stereocenters. The second-order valence-electron chi connectivity index (χ2n) is 3.98. The molecule has 0 fully saturated rings. The summed E-state index contributed by atoms with van der Waals surface area (Å²) in [5.41, 5.74) is 0. The van der Waals surface area contributed by atoms with Crippen molar-refractivity contribution in [1.29, 1.82) is 0 Å². The van der Waals surface area contributed by atoms with E-state index >= 15 is 0 Å². The van der Waals surface area contributed by atoms with E-state index in [0.29, 0.717) is 0 Å². The van der Waals surface area contributed by atoms with Gasteiger partial charge in [0.25, 0.3) is 0 Å². The van der Waals surface area contributed by atoms with Crippen LogP contribution in [0.2, 0.25) is 0 Å². The van der Waals surface area contributed by atoms with Crippen molar-refractivity contribution in [2.75, 3.05) is 6.54 Å². The van der Waals surface area contributed by atoms with Crippen molar-refractivity contribution in [3.63, 3.8) is 0 Å². The first-order chi connectivity index (χ1) is 7.88. The van der Waals surface area contributed by atoms with Crippen molar-refractivity contribution >= 4 is 17.8 Å². The molecule has 98 valence electrons. The van der Waals surface area contributed by atoms with E-state index in [1.165, 1.54) is 6.92 Å². The number of hydrogen-bond acceptors (Lipinski definition) is 3. The summed E-state index contributed by atoms with van der Waals surface area (Å²) in [6.07, 6.45) is 0.997. The summed E-state index contributed by atoms with van der Waals surface area (Å²) in [6, 6.07) is 0.108. The fraction of sp³-hybridized carbons (Fsp3) is 0.727. The molecule has 3 N–H and O–H groups in total. The molecule has 0 saturated heterocycles. The van der Waals surface area contributed by atoms with E-state index in [0.717, 1.165) is 6.42 Å². The molecule has 17 heavy (non-hydrogen) atoms. The van der Waals surface area contributed by atoms with Gasteiger partial charge in [-0.25, -0.2) is 0 Å². The summed E-state index contributed by atoms with van der Waals surface area (Å²) < 4.78 is 0.